The van der Waals surface area contributed by atoms with Crippen LogP contribution in [0.4, 0.5) is 0 Å². The first-order valence-electron chi connectivity index (χ1n) is 6.07. The van der Waals surface area contributed by atoms with Gasteiger partial charge in [-0.05, 0) is 62.7 Å². The Kier molecular flexibility index (Phi) is 3.67. The van der Waals surface area contributed by atoms with Gasteiger partial charge in [0.05, 0.1) is 0 Å². The molecule has 1 fully saturated rings. The van der Waals surface area contributed by atoms with Crippen LogP contribution in [0.25, 0.3) is 0 Å². The molecule has 1 aromatic heterocycles. The third-order valence-electron chi connectivity index (χ3n) is 4.01. The molecule has 2 rings (SSSR count). The lowest BCUT2D eigenvalue weighted by molar-refractivity contribution is 0.0576. The zero-order chi connectivity index (χ0) is 11.6. The highest BCUT2D eigenvalue weighted by Gasteiger charge is 2.38. The monoisotopic (exact) mass is 238 g/mol. The van der Waals surface area contributed by atoms with E-state index in [1.807, 2.05) is 0 Å². The number of rotatable bonds is 5. The Morgan fingerprint density at radius 1 is 1.50 bits per heavy atom. The summed E-state index contributed by atoms with van der Waals surface area (Å²) in [5, 5.41) is 8.06. The molecule has 0 bridgehead atoms. The average molecular weight is 238 g/mol. The van der Waals surface area contributed by atoms with Crippen LogP contribution < -0.4 is 5.32 Å². The summed E-state index contributed by atoms with van der Waals surface area (Å²) in [5.74, 6) is 0. The van der Waals surface area contributed by atoms with Gasteiger partial charge in [-0.2, -0.15) is 11.3 Å². The standard InChI is InChI=1S/C13H22N2S/c1-11(12-5-8-16-9-12)14-10-13(15(2)3)6-4-7-13/h5,8-9,11,14H,4,6-7,10H2,1-3H3. The molecule has 16 heavy (non-hydrogen) atoms. The molecule has 0 radical (unpaired) electrons. The van der Waals surface area contributed by atoms with E-state index in [2.05, 4.69) is 48.1 Å². The van der Waals surface area contributed by atoms with E-state index in [0.29, 0.717) is 11.6 Å². The first kappa shape index (κ1) is 12.1. The molecule has 0 saturated heterocycles. The molecular weight excluding hydrogens is 216 g/mol. The molecule has 0 aliphatic heterocycles. The van der Waals surface area contributed by atoms with Gasteiger partial charge in [-0.25, -0.2) is 0 Å². The Morgan fingerprint density at radius 2 is 2.25 bits per heavy atom. The number of likely N-dealkylation sites (N-methyl/N-ethyl adjacent to an activating group) is 1. The van der Waals surface area contributed by atoms with Crippen LogP contribution in [0.5, 0.6) is 0 Å². The Morgan fingerprint density at radius 3 is 2.69 bits per heavy atom. The predicted molar refractivity (Wildman–Crippen MR) is 71.0 cm³/mol. The summed E-state index contributed by atoms with van der Waals surface area (Å²) >= 11 is 1.78. The van der Waals surface area contributed by atoms with E-state index < -0.39 is 0 Å². The van der Waals surface area contributed by atoms with E-state index in [-0.39, 0.29) is 0 Å². The second kappa shape index (κ2) is 4.86. The first-order chi connectivity index (χ1) is 7.64. The topological polar surface area (TPSA) is 15.3 Å². The van der Waals surface area contributed by atoms with Gasteiger partial charge < -0.3 is 10.2 Å². The van der Waals surface area contributed by atoms with E-state index in [1.54, 1.807) is 11.3 Å². The molecule has 90 valence electrons. The number of nitrogens with zero attached hydrogens (tertiary/aromatic N) is 1. The van der Waals surface area contributed by atoms with Crippen molar-refractivity contribution in [2.24, 2.45) is 0 Å². The summed E-state index contributed by atoms with van der Waals surface area (Å²) < 4.78 is 0. The highest BCUT2D eigenvalue weighted by atomic mass is 32.1. The van der Waals surface area contributed by atoms with E-state index in [1.165, 1.54) is 24.8 Å². The fourth-order valence-electron chi connectivity index (χ4n) is 2.35. The van der Waals surface area contributed by atoms with Crippen LogP contribution in [-0.2, 0) is 0 Å². The summed E-state index contributed by atoms with van der Waals surface area (Å²) in [6, 6.07) is 2.69. The third-order valence-corrected chi connectivity index (χ3v) is 4.71. The molecule has 1 aliphatic carbocycles. The van der Waals surface area contributed by atoms with Gasteiger partial charge in [0.2, 0.25) is 0 Å². The van der Waals surface area contributed by atoms with Crippen LogP contribution in [0.2, 0.25) is 0 Å². The van der Waals surface area contributed by atoms with Gasteiger partial charge in [0.25, 0.3) is 0 Å². The molecule has 1 saturated carbocycles. The van der Waals surface area contributed by atoms with Gasteiger partial charge in [-0.1, -0.05) is 0 Å². The lowest BCUT2D eigenvalue weighted by Crippen LogP contribution is -2.56. The summed E-state index contributed by atoms with van der Waals surface area (Å²) in [5.41, 5.74) is 1.84. The van der Waals surface area contributed by atoms with Gasteiger partial charge in [-0.3, -0.25) is 0 Å². The van der Waals surface area contributed by atoms with Crippen LogP contribution >= 0.6 is 11.3 Å². The van der Waals surface area contributed by atoms with Crippen molar-refractivity contribution in [2.75, 3.05) is 20.6 Å². The zero-order valence-corrected chi connectivity index (χ0v) is 11.3. The van der Waals surface area contributed by atoms with Crippen molar-refractivity contribution in [3.05, 3.63) is 22.4 Å². The number of thiophene rings is 1. The third kappa shape index (κ3) is 2.31. The average Bonchev–Trinajstić information content (AvgIpc) is 2.67. The Bertz CT molecular complexity index is 315. The molecule has 1 atom stereocenters. The SMILES string of the molecule is CC(NCC1(N(C)C)CCC1)c1ccsc1. The van der Waals surface area contributed by atoms with Crippen molar-refractivity contribution in [1.82, 2.24) is 10.2 Å². The summed E-state index contributed by atoms with van der Waals surface area (Å²) in [7, 11) is 4.41. The lowest BCUT2D eigenvalue weighted by atomic mass is 9.75. The minimum absolute atomic E-state index is 0.421. The van der Waals surface area contributed by atoms with Crippen molar-refractivity contribution in [1.29, 1.82) is 0 Å². The summed E-state index contributed by atoms with van der Waals surface area (Å²) in [6.45, 7) is 3.36. The van der Waals surface area contributed by atoms with E-state index in [4.69, 9.17) is 0 Å². The zero-order valence-electron chi connectivity index (χ0n) is 10.5. The van der Waals surface area contributed by atoms with Crippen LogP contribution in [-0.4, -0.2) is 31.1 Å². The van der Waals surface area contributed by atoms with Crippen molar-refractivity contribution in [2.45, 2.75) is 37.8 Å². The summed E-state index contributed by atoms with van der Waals surface area (Å²) in [6.07, 6.45) is 4.05. The highest BCUT2D eigenvalue weighted by molar-refractivity contribution is 7.07. The number of hydrogen-bond donors (Lipinski definition) is 1. The molecular formula is C13H22N2S. The second-order valence-corrected chi connectivity index (χ2v) is 5.91. The Hall–Kier alpha value is -0.380. The van der Waals surface area contributed by atoms with Gasteiger partial charge in [0, 0.05) is 18.1 Å². The smallest absolute Gasteiger partial charge is 0.0328 e. The maximum Gasteiger partial charge on any atom is 0.0328 e. The van der Waals surface area contributed by atoms with Crippen LogP contribution in [0.3, 0.4) is 0 Å². The fraction of sp³-hybridized carbons (Fsp3) is 0.692. The summed E-state index contributed by atoms with van der Waals surface area (Å²) in [4.78, 5) is 2.39. The molecule has 2 nitrogen and oxygen atoms in total. The normalized spacial score (nSPS) is 20.8. The molecule has 1 aromatic rings. The van der Waals surface area contributed by atoms with Crippen molar-refractivity contribution in [3.63, 3.8) is 0 Å². The molecule has 1 N–H and O–H groups in total. The van der Waals surface area contributed by atoms with Crippen LogP contribution in [0.1, 0.15) is 37.8 Å². The minimum atomic E-state index is 0.421. The molecule has 1 heterocycles. The Labute approximate surface area is 103 Å². The quantitative estimate of drug-likeness (QED) is 0.848. The maximum absolute atomic E-state index is 3.67. The van der Waals surface area contributed by atoms with Crippen molar-refractivity contribution >= 4 is 11.3 Å². The molecule has 0 spiro atoms. The lowest BCUT2D eigenvalue weighted by Gasteiger charge is -2.48. The van der Waals surface area contributed by atoms with E-state index in [9.17, 15) is 0 Å². The molecule has 1 aliphatic rings. The van der Waals surface area contributed by atoms with E-state index >= 15 is 0 Å². The van der Waals surface area contributed by atoms with Gasteiger partial charge >= 0.3 is 0 Å². The van der Waals surface area contributed by atoms with E-state index in [0.717, 1.165) is 6.54 Å². The predicted octanol–water partition coefficient (Wildman–Crippen LogP) is 2.88. The van der Waals surface area contributed by atoms with Gasteiger partial charge in [-0.15, -0.1) is 0 Å². The van der Waals surface area contributed by atoms with Crippen molar-refractivity contribution < 1.29 is 0 Å². The molecule has 0 amide bonds. The van der Waals surface area contributed by atoms with Crippen LogP contribution in [0, 0.1) is 0 Å². The number of nitrogens with one attached hydrogen (secondary N) is 1. The largest absolute Gasteiger partial charge is 0.308 e. The number of hydrogen-bond acceptors (Lipinski definition) is 3. The Balaban J connectivity index is 1.87. The molecule has 3 heteroatoms. The van der Waals surface area contributed by atoms with Gasteiger partial charge in [0.1, 0.15) is 0 Å². The second-order valence-electron chi connectivity index (χ2n) is 5.13. The van der Waals surface area contributed by atoms with Crippen LogP contribution in [0.15, 0.2) is 16.8 Å². The molecule has 1 unspecified atom stereocenters. The maximum atomic E-state index is 3.67. The van der Waals surface area contributed by atoms with Gasteiger partial charge in [0.15, 0.2) is 0 Å². The minimum Gasteiger partial charge on any atom is -0.308 e. The fourth-order valence-corrected chi connectivity index (χ4v) is 3.10. The first-order valence-corrected chi connectivity index (χ1v) is 7.01. The highest BCUT2D eigenvalue weighted by Crippen LogP contribution is 2.35. The van der Waals surface area contributed by atoms with Crippen molar-refractivity contribution in [3.8, 4) is 0 Å². The molecule has 0 aromatic carbocycles.